The Bertz CT molecular complexity index is 559. The predicted octanol–water partition coefficient (Wildman–Crippen LogP) is 1.12. The summed E-state index contributed by atoms with van der Waals surface area (Å²) < 4.78 is 13.2. The molecule has 0 spiro atoms. The van der Waals surface area contributed by atoms with Crippen molar-refractivity contribution in [1.29, 1.82) is 0 Å². The molecule has 2 aromatic rings. The highest BCUT2D eigenvalue weighted by Gasteiger charge is 2.22. The smallest absolute Gasteiger partial charge is 0.141 e. The lowest BCUT2D eigenvalue weighted by atomic mass is 10.2. The van der Waals surface area contributed by atoms with Gasteiger partial charge in [-0.05, 0) is 11.6 Å². The standard InChI is InChI=1S/C13H17N3O2/c1-16-10-4-2-3-9(7-14)12(10)15-13(16)11-8-17-5-6-18-11/h2-4,11H,5-8,14H2,1H3. The molecular formula is C13H17N3O2. The topological polar surface area (TPSA) is 62.3 Å². The van der Waals surface area contributed by atoms with Crippen molar-refractivity contribution < 1.29 is 9.47 Å². The summed E-state index contributed by atoms with van der Waals surface area (Å²) in [6, 6.07) is 6.07. The molecule has 1 aromatic heterocycles. The molecule has 2 heterocycles. The van der Waals surface area contributed by atoms with E-state index >= 15 is 0 Å². The number of nitrogens with two attached hydrogens (primary N) is 1. The normalized spacial score (nSPS) is 20.4. The van der Waals surface area contributed by atoms with E-state index in [0.717, 1.165) is 22.4 Å². The lowest BCUT2D eigenvalue weighted by Gasteiger charge is -2.22. The molecule has 3 rings (SSSR count). The summed E-state index contributed by atoms with van der Waals surface area (Å²) in [5.41, 5.74) is 8.86. The van der Waals surface area contributed by atoms with Crippen LogP contribution in [-0.4, -0.2) is 29.4 Å². The molecule has 1 unspecified atom stereocenters. The van der Waals surface area contributed by atoms with Crippen LogP contribution in [0.2, 0.25) is 0 Å². The number of nitrogens with zero attached hydrogens (tertiary/aromatic N) is 2. The van der Waals surface area contributed by atoms with Crippen molar-refractivity contribution in [2.45, 2.75) is 12.6 Å². The zero-order valence-electron chi connectivity index (χ0n) is 10.4. The number of hydrogen-bond donors (Lipinski definition) is 1. The van der Waals surface area contributed by atoms with Gasteiger partial charge in [0.2, 0.25) is 0 Å². The first-order chi connectivity index (χ1) is 8.81. The van der Waals surface area contributed by atoms with Crippen molar-refractivity contribution in [3.8, 4) is 0 Å². The quantitative estimate of drug-likeness (QED) is 0.863. The third kappa shape index (κ3) is 1.80. The van der Waals surface area contributed by atoms with E-state index in [2.05, 4.69) is 15.6 Å². The third-order valence-electron chi connectivity index (χ3n) is 3.35. The Morgan fingerprint density at radius 1 is 1.44 bits per heavy atom. The van der Waals surface area contributed by atoms with Crippen molar-refractivity contribution in [2.75, 3.05) is 19.8 Å². The highest BCUT2D eigenvalue weighted by molar-refractivity contribution is 5.79. The van der Waals surface area contributed by atoms with E-state index in [1.807, 2.05) is 19.2 Å². The third-order valence-corrected chi connectivity index (χ3v) is 3.35. The number of aromatic nitrogens is 2. The van der Waals surface area contributed by atoms with E-state index < -0.39 is 0 Å². The average Bonchev–Trinajstić information content (AvgIpc) is 2.77. The van der Waals surface area contributed by atoms with Gasteiger partial charge in [0.05, 0.1) is 30.9 Å². The van der Waals surface area contributed by atoms with Gasteiger partial charge >= 0.3 is 0 Å². The van der Waals surface area contributed by atoms with Gasteiger partial charge in [0.1, 0.15) is 11.9 Å². The largest absolute Gasteiger partial charge is 0.376 e. The molecule has 2 N–H and O–H groups in total. The lowest BCUT2D eigenvalue weighted by Crippen LogP contribution is -2.24. The Morgan fingerprint density at radius 2 is 2.33 bits per heavy atom. The number of imidazole rings is 1. The molecule has 18 heavy (non-hydrogen) atoms. The van der Waals surface area contributed by atoms with Gasteiger partial charge in [-0.1, -0.05) is 12.1 Å². The molecule has 96 valence electrons. The number of rotatable bonds is 2. The van der Waals surface area contributed by atoms with E-state index in [9.17, 15) is 0 Å². The number of hydrogen-bond acceptors (Lipinski definition) is 4. The second-order valence-corrected chi connectivity index (χ2v) is 4.45. The number of fused-ring (bicyclic) bond motifs is 1. The molecule has 0 saturated carbocycles. The van der Waals surface area contributed by atoms with Crippen LogP contribution in [0.15, 0.2) is 18.2 Å². The summed E-state index contributed by atoms with van der Waals surface area (Å²) in [4.78, 5) is 4.68. The summed E-state index contributed by atoms with van der Waals surface area (Å²) >= 11 is 0. The molecule has 1 saturated heterocycles. The van der Waals surface area contributed by atoms with Crippen molar-refractivity contribution in [3.63, 3.8) is 0 Å². The minimum Gasteiger partial charge on any atom is -0.376 e. The van der Waals surface area contributed by atoms with Crippen LogP contribution in [0.4, 0.5) is 0 Å². The maximum absolute atomic E-state index is 5.75. The van der Waals surface area contributed by atoms with E-state index in [1.54, 1.807) is 0 Å². The van der Waals surface area contributed by atoms with Crippen molar-refractivity contribution in [2.24, 2.45) is 12.8 Å². The second kappa shape index (κ2) is 4.68. The Balaban J connectivity index is 2.09. The molecular weight excluding hydrogens is 230 g/mol. The van der Waals surface area contributed by atoms with E-state index in [0.29, 0.717) is 26.4 Å². The first kappa shape index (κ1) is 11.6. The fourth-order valence-corrected chi connectivity index (χ4v) is 2.38. The lowest BCUT2D eigenvalue weighted by molar-refractivity contribution is -0.0942. The molecule has 1 aliphatic heterocycles. The Kier molecular flexibility index (Phi) is 3.03. The van der Waals surface area contributed by atoms with Crippen LogP contribution in [0.25, 0.3) is 11.0 Å². The first-order valence-corrected chi connectivity index (χ1v) is 6.15. The van der Waals surface area contributed by atoms with Gasteiger partial charge in [-0.3, -0.25) is 0 Å². The molecule has 0 bridgehead atoms. The van der Waals surface area contributed by atoms with Crippen LogP contribution in [-0.2, 0) is 23.1 Å². The van der Waals surface area contributed by atoms with Gasteiger partial charge < -0.3 is 19.8 Å². The fourth-order valence-electron chi connectivity index (χ4n) is 2.38. The summed E-state index contributed by atoms with van der Waals surface area (Å²) in [7, 11) is 2.00. The molecule has 5 heteroatoms. The summed E-state index contributed by atoms with van der Waals surface area (Å²) in [5, 5.41) is 0. The van der Waals surface area contributed by atoms with Crippen molar-refractivity contribution >= 4 is 11.0 Å². The predicted molar refractivity (Wildman–Crippen MR) is 68.1 cm³/mol. The summed E-state index contributed by atoms with van der Waals surface area (Å²) in [6.45, 7) is 2.34. The second-order valence-electron chi connectivity index (χ2n) is 4.45. The minimum absolute atomic E-state index is 0.0817. The van der Waals surface area contributed by atoms with Crippen LogP contribution in [0.1, 0.15) is 17.5 Å². The summed E-state index contributed by atoms with van der Waals surface area (Å²) in [6.07, 6.45) is -0.0817. The van der Waals surface area contributed by atoms with E-state index in [-0.39, 0.29) is 6.10 Å². The molecule has 0 amide bonds. The molecule has 1 aliphatic rings. The zero-order valence-corrected chi connectivity index (χ0v) is 10.4. The van der Waals surface area contributed by atoms with Gasteiger partial charge in [0.15, 0.2) is 0 Å². The van der Waals surface area contributed by atoms with Crippen LogP contribution in [0, 0.1) is 0 Å². The van der Waals surface area contributed by atoms with Gasteiger partial charge in [-0.15, -0.1) is 0 Å². The van der Waals surface area contributed by atoms with Gasteiger partial charge in [-0.2, -0.15) is 0 Å². The number of ether oxygens (including phenoxy) is 2. The maximum Gasteiger partial charge on any atom is 0.141 e. The van der Waals surface area contributed by atoms with Gasteiger partial charge in [0, 0.05) is 13.6 Å². The zero-order chi connectivity index (χ0) is 12.5. The minimum atomic E-state index is -0.0817. The van der Waals surface area contributed by atoms with Crippen LogP contribution in [0.5, 0.6) is 0 Å². The molecule has 1 atom stereocenters. The number of para-hydroxylation sites is 1. The molecule has 0 aliphatic carbocycles. The first-order valence-electron chi connectivity index (χ1n) is 6.15. The summed E-state index contributed by atoms with van der Waals surface area (Å²) in [5.74, 6) is 0.908. The highest BCUT2D eigenvalue weighted by Crippen LogP contribution is 2.25. The highest BCUT2D eigenvalue weighted by atomic mass is 16.6. The van der Waals surface area contributed by atoms with Gasteiger partial charge in [-0.25, -0.2) is 4.98 Å². The van der Waals surface area contributed by atoms with E-state index in [1.165, 1.54) is 0 Å². The molecule has 1 aromatic carbocycles. The van der Waals surface area contributed by atoms with Gasteiger partial charge in [0.25, 0.3) is 0 Å². The monoisotopic (exact) mass is 247 g/mol. The van der Waals surface area contributed by atoms with Crippen LogP contribution >= 0.6 is 0 Å². The molecule has 1 fully saturated rings. The van der Waals surface area contributed by atoms with E-state index in [4.69, 9.17) is 15.2 Å². The Labute approximate surface area is 106 Å². The van der Waals surface area contributed by atoms with Crippen molar-refractivity contribution in [3.05, 3.63) is 29.6 Å². The number of aryl methyl sites for hydroxylation is 1. The molecule has 0 radical (unpaired) electrons. The molecule has 5 nitrogen and oxygen atoms in total. The SMILES string of the molecule is Cn1c(C2COCCO2)nc2c(CN)cccc21. The number of benzene rings is 1. The van der Waals surface area contributed by atoms with Crippen molar-refractivity contribution in [1.82, 2.24) is 9.55 Å². The van der Waals surface area contributed by atoms with Crippen LogP contribution in [0.3, 0.4) is 0 Å². The Hall–Kier alpha value is -1.43. The average molecular weight is 247 g/mol. The fraction of sp³-hybridized carbons (Fsp3) is 0.462. The van der Waals surface area contributed by atoms with Crippen LogP contribution < -0.4 is 5.73 Å². The maximum atomic E-state index is 5.75. The Morgan fingerprint density at radius 3 is 3.06 bits per heavy atom.